The second kappa shape index (κ2) is 7.93. The van der Waals surface area contributed by atoms with Gasteiger partial charge in [-0.05, 0) is 35.9 Å². The van der Waals surface area contributed by atoms with Crippen molar-refractivity contribution in [1.82, 2.24) is 14.8 Å². The second-order valence-corrected chi connectivity index (χ2v) is 9.18. The first-order valence-corrected chi connectivity index (χ1v) is 11.3. The highest BCUT2D eigenvalue weighted by molar-refractivity contribution is 7.90. The van der Waals surface area contributed by atoms with Crippen LogP contribution in [0, 0.1) is 5.82 Å². The van der Waals surface area contributed by atoms with Crippen molar-refractivity contribution in [2.75, 3.05) is 22.6 Å². The minimum absolute atomic E-state index is 0.101. The molecule has 9 nitrogen and oxygen atoms in total. The van der Waals surface area contributed by atoms with E-state index < -0.39 is 21.7 Å². The van der Waals surface area contributed by atoms with E-state index >= 15 is 0 Å². The summed E-state index contributed by atoms with van der Waals surface area (Å²) in [5.74, 6) is -0.364. The molecule has 2 aromatic carbocycles. The third kappa shape index (κ3) is 4.10. The van der Waals surface area contributed by atoms with Crippen molar-refractivity contribution in [3.8, 4) is 11.1 Å². The summed E-state index contributed by atoms with van der Waals surface area (Å²) in [4.78, 5) is 16.4. The van der Waals surface area contributed by atoms with E-state index in [0.29, 0.717) is 11.5 Å². The van der Waals surface area contributed by atoms with Crippen LogP contribution in [0.3, 0.4) is 0 Å². The zero-order valence-corrected chi connectivity index (χ0v) is 17.9. The van der Waals surface area contributed by atoms with Gasteiger partial charge in [-0.2, -0.15) is 5.10 Å². The van der Waals surface area contributed by atoms with Crippen molar-refractivity contribution < 1.29 is 17.6 Å². The number of hydrogen-bond acceptors (Lipinski definition) is 6. The van der Waals surface area contributed by atoms with Gasteiger partial charge >= 0.3 is 6.03 Å². The average molecular weight is 454 g/mol. The molecule has 0 saturated carbocycles. The number of hydrogen-bond donors (Lipinski definition) is 3. The molecule has 0 aliphatic rings. The lowest BCUT2D eigenvalue weighted by Gasteiger charge is -2.10. The number of sulfone groups is 1. The number of benzene rings is 2. The quantitative estimate of drug-likeness (QED) is 0.405. The van der Waals surface area contributed by atoms with Gasteiger partial charge in [-0.25, -0.2) is 17.6 Å². The summed E-state index contributed by atoms with van der Waals surface area (Å²) in [6, 6.07) is 9.37. The molecule has 0 saturated heterocycles. The predicted molar refractivity (Wildman–Crippen MR) is 121 cm³/mol. The van der Waals surface area contributed by atoms with E-state index in [4.69, 9.17) is 5.73 Å². The Kier molecular flexibility index (Phi) is 5.26. The van der Waals surface area contributed by atoms with E-state index in [0.717, 1.165) is 46.5 Å². The van der Waals surface area contributed by atoms with Gasteiger partial charge in [0, 0.05) is 30.8 Å². The molecule has 164 valence electrons. The summed E-state index contributed by atoms with van der Waals surface area (Å²) in [5, 5.41) is 9.91. The number of nitrogens with two attached hydrogens (primary N) is 1. The number of nitrogens with zero attached hydrogens (tertiary/aromatic N) is 3. The summed E-state index contributed by atoms with van der Waals surface area (Å²) >= 11 is 0. The highest BCUT2D eigenvalue weighted by Crippen LogP contribution is 2.32. The third-order valence-electron chi connectivity index (χ3n) is 4.86. The summed E-state index contributed by atoms with van der Waals surface area (Å²) in [6.07, 6.45) is 4.37. The van der Waals surface area contributed by atoms with Crippen molar-refractivity contribution in [3.63, 3.8) is 0 Å². The Hall–Kier alpha value is -3.99. The number of anilines is 3. The molecule has 0 radical (unpaired) electrons. The highest BCUT2D eigenvalue weighted by Gasteiger charge is 2.15. The van der Waals surface area contributed by atoms with Crippen LogP contribution < -0.4 is 16.4 Å². The molecule has 2 amide bonds. The molecule has 0 aliphatic heterocycles. The molecule has 0 fully saturated rings. The SMILES string of the molecule is Cn1nc(N)c2c(-c3ccc(NC(=O)Nc4cc(S(C)(=O)=O)ccc4F)cc3)cncc21. The van der Waals surface area contributed by atoms with Crippen LogP contribution in [-0.2, 0) is 16.9 Å². The monoisotopic (exact) mass is 454 g/mol. The molecular weight excluding hydrogens is 435 g/mol. The smallest absolute Gasteiger partial charge is 0.323 e. The number of aryl methyl sites for hydroxylation is 1. The molecule has 32 heavy (non-hydrogen) atoms. The van der Waals surface area contributed by atoms with Crippen LogP contribution in [0.1, 0.15) is 0 Å². The summed E-state index contributed by atoms with van der Waals surface area (Å²) in [6.45, 7) is 0. The van der Waals surface area contributed by atoms with Crippen LogP contribution in [0.2, 0.25) is 0 Å². The van der Waals surface area contributed by atoms with Crippen LogP contribution >= 0.6 is 0 Å². The Bertz CT molecular complexity index is 1450. The minimum atomic E-state index is -3.54. The maximum atomic E-state index is 14.0. The number of carbonyl (C=O) groups is 1. The van der Waals surface area contributed by atoms with E-state index in [2.05, 4.69) is 20.7 Å². The Morgan fingerprint density at radius 1 is 1.09 bits per heavy atom. The molecular formula is C21H19FN6O3S. The third-order valence-corrected chi connectivity index (χ3v) is 5.97. The van der Waals surface area contributed by atoms with Crippen molar-refractivity contribution >= 4 is 44.0 Å². The van der Waals surface area contributed by atoms with Gasteiger partial charge in [0.25, 0.3) is 0 Å². The fourth-order valence-electron chi connectivity index (χ4n) is 3.30. The maximum Gasteiger partial charge on any atom is 0.323 e. The normalized spacial score (nSPS) is 11.5. The number of nitrogens with one attached hydrogen (secondary N) is 2. The van der Waals surface area contributed by atoms with E-state index in [1.807, 2.05) is 0 Å². The van der Waals surface area contributed by atoms with Crippen molar-refractivity contribution in [1.29, 1.82) is 0 Å². The zero-order valence-electron chi connectivity index (χ0n) is 17.1. The first-order chi connectivity index (χ1) is 15.1. The van der Waals surface area contributed by atoms with E-state index in [-0.39, 0.29) is 10.6 Å². The predicted octanol–water partition coefficient (Wildman–Crippen LogP) is 3.40. The van der Waals surface area contributed by atoms with Crippen LogP contribution in [0.25, 0.3) is 22.0 Å². The Balaban J connectivity index is 1.54. The Labute approximate surface area is 183 Å². The largest absolute Gasteiger partial charge is 0.382 e. The molecule has 0 spiro atoms. The first kappa shape index (κ1) is 21.2. The fraction of sp³-hybridized carbons (Fsp3) is 0.0952. The Morgan fingerprint density at radius 2 is 1.81 bits per heavy atom. The number of pyridine rings is 1. The van der Waals surface area contributed by atoms with E-state index in [9.17, 15) is 17.6 Å². The lowest BCUT2D eigenvalue weighted by Crippen LogP contribution is -2.20. The van der Waals surface area contributed by atoms with Crippen LogP contribution in [0.5, 0.6) is 0 Å². The standard InChI is InChI=1S/C21H19FN6O3S/c1-28-18-11-24-10-15(19(18)20(23)27-28)12-3-5-13(6-4-12)25-21(29)26-17-9-14(32(2,30)31)7-8-16(17)22/h3-11H,1-2H3,(H2,23,27)(H2,25,26,29). The Morgan fingerprint density at radius 3 is 2.50 bits per heavy atom. The molecule has 0 unspecified atom stereocenters. The van der Waals surface area contributed by atoms with E-state index in [1.54, 1.807) is 48.4 Å². The molecule has 4 rings (SSSR count). The fourth-order valence-corrected chi connectivity index (χ4v) is 3.94. The van der Waals surface area contributed by atoms with Gasteiger partial charge < -0.3 is 16.4 Å². The van der Waals surface area contributed by atoms with E-state index in [1.165, 1.54) is 0 Å². The molecule has 4 aromatic rings. The number of aromatic nitrogens is 3. The number of rotatable bonds is 4. The lowest BCUT2D eigenvalue weighted by atomic mass is 10.0. The van der Waals surface area contributed by atoms with Gasteiger partial charge in [0.1, 0.15) is 5.82 Å². The summed E-state index contributed by atoms with van der Waals surface area (Å²) in [7, 11) is -1.76. The van der Waals surface area contributed by atoms with Gasteiger partial charge in [-0.15, -0.1) is 0 Å². The molecule has 2 heterocycles. The summed E-state index contributed by atoms with van der Waals surface area (Å²) in [5.41, 5.74) is 8.65. The second-order valence-electron chi connectivity index (χ2n) is 7.16. The van der Waals surface area contributed by atoms with Crippen LogP contribution in [0.15, 0.2) is 59.8 Å². The first-order valence-electron chi connectivity index (χ1n) is 9.38. The van der Waals surface area contributed by atoms with Gasteiger partial charge in [0.15, 0.2) is 15.7 Å². The maximum absolute atomic E-state index is 14.0. The minimum Gasteiger partial charge on any atom is -0.382 e. The highest BCUT2D eigenvalue weighted by atomic mass is 32.2. The topological polar surface area (TPSA) is 132 Å². The molecule has 0 aliphatic carbocycles. The number of amides is 2. The number of carbonyl (C=O) groups excluding carboxylic acids is 1. The zero-order chi connectivity index (χ0) is 23.0. The van der Waals surface area contributed by atoms with Crippen molar-refractivity contribution in [2.45, 2.75) is 4.90 Å². The van der Waals surface area contributed by atoms with Gasteiger partial charge in [0.2, 0.25) is 0 Å². The molecule has 0 atom stereocenters. The molecule has 4 N–H and O–H groups in total. The number of urea groups is 1. The number of nitrogen functional groups attached to an aromatic ring is 1. The molecule has 11 heteroatoms. The lowest BCUT2D eigenvalue weighted by molar-refractivity contribution is 0.262. The number of halogens is 1. The van der Waals surface area contributed by atoms with Gasteiger partial charge in [-0.1, -0.05) is 12.1 Å². The van der Waals surface area contributed by atoms with Gasteiger partial charge in [-0.3, -0.25) is 9.67 Å². The van der Waals surface area contributed by atoms with Crippen molar-refractivity contribution in [2.24, 2.45) is 7.05 Å². The van der Waals surface area contributed by atoms with Crippen LogP contribution in [-0.4, -0.2) is 35.5 Å². The number of fused-ring (bicyclic) bond motifs is 1. The summed E-state index contributed by atoms with van der Waals surface area (Å²) < 4.78 is 39.0. The van der Waals surface area contributed by atoms with Gasteiger partial charge in [0.05, 0.1) is 27.7 Å². The van der Waals surface area contributed by atoms with Crippen LogP contribution in [0.4, 0.5) is 26.4 Å². The average Bonchev–Trinajstić information content (AvgIpc) is 3.03. The molecule has 0 bridgehead atoms. The van der Waals surface area contributed by atoms with Crippen molar-refractivity contribution in [3.05, 3.63) is 60.7 Å². The molecule has 2 aromatic heterocycles.